The normalized spacial score (nSPS) is 24.2. The Morgan fingerprint density at radius 3 is 2.64 bits per heavy atom. The van der Waals surface area contributed by atoms with Crippen LogP contribution >= 0.6 is 0 Å². The molecule has 1 aromatic carbocycles. The molecule has 2 heterocycles. The summed E-state index contributed by atoms with van der Waals surface area (Å²) < 4.78 is 0. The van der Waals surface area contributed by atoms with Crippen LogP contribution in [0.25, 0.3) is 0 Å². The zero-order valence-corrected chi connectivity index (χ0v) is 14.6. The fourth-order valence-electron chi connectivity index (χ4n) is 5.21. The highest BCUT2D eigenvalue weighted by molar-refractivity contribution is 6.01. The van der Waals surface area contributed by atoms with Crippen molar-refractivity contribution >= 4 is 11.6 Å². The predicted octanol–water partition coefficient (Wildman–Crippen LogP) is 4.45. The maximum absolute atomic E-state index is 13.3. The lowest BCUT2D eigenvalue weighted by molar-refractivity contribution is -0.118. The number of carbonyl (C=O) groups excluding carboxylic acids is 1. The molecular weight excluding hydrogens is 310 g/mol. The van der Waals surface area contributed by atoms with E-state index in [1.807, 2.05) is 13.0 Å². The van der Waals surface area contributed by atoms with Crippen molar-refractivity contribution in [1.82, 2.24) is 10.2 Å². The van der Waals surface area contributed by atoms with Gasteiger partial charge in [-0.25, -0.2) is 0 Å². The summed E-state index contributed by atoms with van der Waals surface area (Å²) in [4.78, 5) is 13.3. The number of hydrogen-bond donors (Lipinski definition) is 2. The van der Waals surface area contributed by atoms with Crippen molar-refractivity contribution in [3.8, 4) is 0 Å². The first-order valence-corrected chi connectivity index (χ1v) is 9.30. The highest BCUT2D eigenvalue weighted by atomic mass is 16.1. The Bertz CT molecular complexity index is 872. The van der Waals surface area contributed by atoms with Crippen LogP contribution in [-0.2, 0) is 4.79 Å². The zero-order chi connectivity index (χ0) is 17.0. The maximum atomic E-state index is 13.3. The van der Waals surface area contributed by atoms with Crippen molar-refractivity contribution in [2.24, 2.45) is 5.41 Å². The van der Waals surface area contributed by atoms with Gasteiger partial charge in [-0.2, -0.15) is 5.10 Å². The fraction of sp³-hybridized carbons (Fsp3) is 0.429. The molecule has 1 aromatic heterocycles. The molecule has 1 fully saturated rings. The van der Waals surface area contributed by atoms with Crippen LogP contribution < -0.4 is 5.32 Å². The van der Waals surface area contributed by atoms with E-state index in [-0.39, 0.29) is 11.3 Å². The first kappa shape index (κ1) is 14.9. The van der Waals surface area contributed by atoms with Crippen LogP contribution in [-0.4, -0.2) is 16.0 Å². The number of carbonyl (C=O) groups is 1. The molecule has 1 unspecified atom stereocenters. The summed E-state index contributed by atoms with van der Waals surface area (Å²) in [6.45, 7) is 2.04. The molecule has 4 heteroatoms. The molecule has 1 saturated carbocycles. The lowest BCUT2D eigenvalue weighted by Crippen LogP contribution is -2.35. The summed E-state index contributed by atoms with van der Waals surface area (Å²) in [7, 11) is 0. The highest BCUT2D eigenvalue weighted by Crippen LogP contribution is 2.54. The number of anilines is 1. The van der Waals surface area contributed by atoms with Gasteiger partial charge in [0.1, 0.15) is 0 Å². The molecule has 2 aliphatic carbocycles. The molecule has 1 spiro atoms. The van der Waals surface area contributed by atoms with Crippen LogP contribution in [0.1, 0.15) is 61.3 Å². The van der Waals surface area contributed by atoms with Crippen molar-refractivity contribution in [3.63, 3.8) is 0 Å². The second-order valence-corrected chi connectivity index (χ2v) is 7.96. The first-order chi connectivity index (χ1) is 12.2. The van der Waals surface area contributed by atoms with E-state index in [2.05, 4.69) is 39.8 Å². The van der Waals surface area contributed by atoms with Gasteiger partial charge >= 0.3 is 0 Å². The Labute approximate surface area is 147 Å². The monoisotopic (exact) mass is 333 g/mol. The number of ketones is 1. The summed E-state index contributed by atoms with van der Waals surface area (Å²) in [6, 6.07) is 10.4. The van der Waals surface area contributed by atoms with Crippen molar-refractivity contribution in [1.29, 1.82) is 0 Å². The van der Waals surface area contributed by atoms with E-state index in [1.165, 1.54) is 31.2 Å². The van der Waals surface area contributed by atoms with Crippen molar-refractivity contribution in [3.05, 3.63) is 58.4 Å². The SMILES string of the molecule is Cc1[nH]nc2c1C(c1ccccc1)C1=C(CC3(CCCC3)CC1=O)N2. The average molecular weight is 333 g/mol. The molecule has 0 bridgehead atoms. The first-order valence-electron chi connectivity index (χ1n) is 9.30. The Morgan fingerprint density at radius 1 is 1.12 bits per heavy atom. The molecule has 5 rings (SSSR count). The molecule has 128 valence electrons. The van der Waals surface area contributed by atoms with Crippen molar-refractivity contribution in [2.75, 3.05) is 5.32 Å². The number of fused-ring (bicyclic) bond motifs is 1. The van der Waals surface area contributed by atoms with E-state index in [0.717, 1.165) is 34.8 Å². The number of rotatable bonds is 1. The van der Waals surface area contributed by atoms with Gasteiger partial charge in [0, 0.05) is 34.9 Å². The van der Waals surface area contributed by atoms with Gasteiger partial charge in [0.15, 0.2) is 11.6 Å². The Morgan fingerprint density at radius 2 is 1.88 bits per heavy atom. The third-order valence-corrected chi connectivity index (χ3v) is 6.35. The van der Waals surface area contributed by atoms with Gasteiger partial charge < -0.3 is 5.32 Å². The number of allylic oxidation sites excluding steroid dienone is 2. The minimum Gasteiger partial charge on any atom is -0.342 e. The molecule has 25 heavy (non-hydrogen) atoms. The van der Waals surface area contributed by atoms with Gasteiger partial charge in [-0.3, -0.25) is 9.89 Å². The van der Waals surface area contributed by atoms with Crippen LogP contribution in [0.15, 0.2) is 41.6 Å². The number of Topliss-reactive ketones (excluding diaryl/α,β-unsaturated/α-hetero) is 1. The topological polar surface area (TPSA) is 57.8 Å². The number of hydrogen-bond acceptors (Lipinski definition) is 3. The maximum Gasteiger partial charge on any atom is 0.162 e. The Hall–Kier alpha value is -2.36. The summed E-state index contributed by atoms with van der Waals surface area (Å²) in [5.41, 5.74) is 5.62. The standard InChI is InChI=1S/C21H23N3O/c1-13-17-18(14-7-3-2-4-8-14)19-15(22-20(17)24-23-13)11-21(12-16(19)25)9-5-6-10-21/h2-4,7-8,18H,5-6,9-12H2,1H3,(H2,22,23,24). The molecule has 2 N–H and O–H groups in total. The number of aromatic amines is 1. The van der Waals surface area contributed by atoms with Crippen LogP contribution in [0.5, 0.6) is 0 Å². The highest BCUT2D eigenvalue weighted by Gasteiger charge is 2.46. The second-order valence-electron chi connectivity index (χ2n) is 7.96. The number of nitrogens with zero attached hydrogens (tertiary/aromatic N) is 1. The number of H-pyrrole nitrogens is 1. The van der Waals surface area contributed by atoms with Crippen molar-refractivity contribution < 1.29 is 4.79 Å². The summed E-state index contributed by atoms with van der Waals surface area (Å²) in [6.07, 6.45) is 6.57. The third-order valence-electron chi connectivity index (χ3n) is 6.35. The van der Waals surface area contributed by atoms with Crippen LogP contribution in [0.2, 0.25) is 0 Å². The molecule has 3 aliphatic rings. The number of aromatic nitrogens is 2. The summed E-state index contributed by atoms with van der Waals surface area (Å²) in [5, 5.41) is 11.1. The van der Waals surface area contributed by atoms with Gasteiger partial charge in [-0.05, 0) is 37.2 Å². The summed E-state index contributed by atoms with van der Waals surface area (Å²) in [5.74, 6) is 1.22. The van der Waals surface area contributed by atoms with Crippen molar-refractivity contribution in [2.45, 2.75) is 51.4 Å². The van der Waals surface area contributed by atoms with Gasteiger partial charge in [0.05, 0.1) is 0 Å². The molecule has 2 aromatic rings. The average Bonchev–Trinajstić information content (AvgIpc) is 3.21. The predicted molar refractivity (Wildman–Crippen MR) is 97.4 cm³/mol. The number of benzene rings is 1. The Balaban J connectivity index is 1.68. The summed E-state index contributed by atoms with van der Waals surface area (Å²) >= 11 is 0. The lowest BCUT2D eigenvalue weighted by Gasteiger charge is -2.40. The van der Waals surface area contributed by atoms with Gasteiger partial charge in [-0.1, -0.05) is 43.2 Å². The fourth-order valence-corrected chi connectivity index (χ4v) is 5.21. The van der Waals surface area contributed by atoms with Gasteiger partial charge in [-0.15, -0.1) is 0 Å². The molecule has 4 nitrogen and oxygen atoms in total. The van der Waals surface area contributed by atoms with E-state index >= 15 is 0 Å². The molecule has 0 radical (unpaired) electrons. The van der Waals surface area contributed by atoms with Gasteiger partial charge in [0.2, 0.25) is 0 Å². The molecule has 1 atom stereocenters. The minimum atomic E-state index is -0.00236. The smallest absolute Gasteiger partial charge is 0.162 e. The van der Waals surface area contributed by atoms with Crippen LogP contribution in [0.4, 0.5) is 5.82 Å². The second kappa shape index (κ2) is 5.32. The van der Waals surface area contributed by atoms with E-state index in [0.29, 0.717) is 12.2 Å². The molecule has 0 saturated heterocycles. The molecule has 0 amide bonds. The van der Waals surface area contributed by atoms with E-state index in [1.54, 1.807) is 0 Å². The molecular formula is C21H23N3O. The van der Waals surface area contributed by atoms with E-state index < -0.39 is 0 Å². The Kier molecular flexibility index (Phi) is 3.18. The lowest BCUT2D eigenvalue weighted by atomic mass is 9.66. The number of nitrogens with one attached hydrogen (secondary N) is 2. The van der Waals surface area contributed by atoms with Crippen LogP contribution in [0, 0.1) is 12.3 Å². The zero-order valence-electron chi connectivity index (χ0n) is 14.6. The minimum absolute atomic E-state index is 0.00236. The largest absolute Gasteiger partial charge is 0.342 e. The van der Waals surface area contributed by atoms with E-state index in [4.69, 9.17) is 0 Å². The quantitative estimate of drug-likeness (QED) is 0.810. The number of aryl methyl sites for hydroxylation is 1. The van der Waals surface area contributed by atoms with E-state index in [9.17, 15) is 4.79 Å². The molecule has 1 aliphatic heterocycles. The third kappa shape index (κ3) is 2.20. The van der Waals surface area contributed by atoms with Crippen LogP contribution in [0.3, 0.4) is 0 Å². The van der Waals surface area contributed by atoms with Gasteiger partial charge in [0.25, 0.3) is 0 Å².